The standard InChI is InChI=1S/C32H31ClF2N6O5S/c1-32(2,30(43)44)17-4-7-24(22(35)12-17)41-15-19-14-39(9-10-40(19)31(41)45)16-23-25(29(42)46-3)26(20-6-5-18(34)13-21(20)33)38-27(37-23)28-36-8-11-47-28/h4-8,11-13,19,26H,9-10,14-16H2,1-3H3,(H,37,38)(H,43,44)/t19-,26-/m0/s1. The molecule has 0 spiro atoms. The largest absolute Gasteiger partial charge is 0.481 e. The Hall–Kier alpha value is -4.40. The molecule has 0 aliphatic carbocycles. The van der Waals surface area contributed by atoms with Gasteiger partial charge in [-0.25, -0.2) is 23.4 Å². The van der Waals surface area contributed by atoms with Crippen molar-refractivity contribution in [3.05, 3.63) is 92.0 Å². The zero-order chi connectivity index (χ0) is 33.6. The van der Waals surface area contributed by atoms with Gasteiger partial charge in [0, 0.05) is 60.6 Å². The van der Waals surface area contributed by atoms with Gasteiger partial charge in [-0.05, 0) is 43.7 Å². The number of fused-ring (bicyclic) bond motifs is 1. The van der Waals surface area contributed by atoms with Gasteiger partial charge in [0.15, 0.2) is 10.8 Å². The van der Waals surface area contributed by atoms with Crippen LogP contribution in [0, 0.1) is 11.6 Å². The van der Waals surface area contributed by atoms with Crippen molar-refractivity contribution in [3.8, 4) is 0 Å². The number of hydrogen-bond donors (Lipinski definition) is 2. The number of urea groups is 1. The second-order valence-corrected chi connectivity index (χ2v) is 13.3. The number of piperazine rings is 1. The lowest BCUT2D eigenvalue weighted by Crippen LogP contribution is -2.53. The van der Waals surface area contributed by atoms with Gasteiger partial charge in [-0.2, -0.15) is 0 Å². The first-order valence-electron chi connectivity index (χ1n) is 14.7. The van der Waals surface area contributed by atoms with Crippen LogP contribution in [0.3, 0.4) is 0 Å². The molecule has 2 fully saturated rings. The summed E-state index contributed by atoms with van der Waals surface area (Å²) in [5, 5.41) is 15.3. The number of aliphatic imine (C=N–C) groups is 1. The number of aliphatic carboxylic acids is 1. The summed E-state index contributed by atoms with van der Waals surface area (Å²) < 4.78 is 34.5. The third-order valence-electron chi connectivity index (χ3n) is 8.74. The molecule has 0 unspecified atom stereocenters. The maximum Gasteiger partial charge on any atom is 0.338 e. The maximum absolute atomic E-state index is 15.3. The van der Waals surface area contributed by atoms with Gasteiger partial charge in [0.25, 0.3) is 0 Å². The fraction of sp³-hybridized carbons (Fsp3) is 0.344. The van der Waals surface area contributed by atoms with Crippen molar-refractivity contribution in [2.75, 3.05) is 44.7 Å². The highest BCUT2D eigenvalue weighted by Crippen LogP contribution is 2.38. The molecule has 1 aromatic heterocycles. The molecule has 246 valence electrons. The number of carbonyl (C=O) groups excluding carboxylic acids is 2. The Balaban J connectivity index is 1.27. The molecule has 4 heterocycles. The summed E-state index contributed by atoms with van der Waals surface area (Å²) in [4.78, 5) is 52.7. The van der Waals surface area contributed by atoms with Crippen molar-refractivity contribution in [1.29, 1.82) is 0 Å². The SMILES string of the molecule is COC(=O)C1=C(CN2CCN3C(=O)N(c4ccc(C(C)(C)C(=O)O)cc4F)C[C@@H]3C2)NC(c2nccs2)=N[C@H]1c1ccc(F)cc1Cl. The van der Waals surface area contributed by atoms with E-state index in [9.17, 15) is 23.9 Å². The third-order valence-corrected chi connectivity index (χ3v) is 9.84. The molecular weight excluding hydrogens is 654 g/mol. The molecule has 2 N–H and O–H groups in total. The van der Waals surface area contributed by atoms with Gasteiger partial charge in [-0.15, -0.1) is 11.3 Å². The van der Waals surface area contributed by atoms with Crippen molar-refractivity contribution in [3.63, 3.8) is 0 Å². The number of benzene rings is 2. The van der Waals surface area contributed by atoms with E-state index in [2.05, 4.69) is 15.2 Å². The molecule has 3 aromatic rings. The first kappa shape index (κ1) is 32.5. The fourth-order valence-corrected chi connectivity index (χ4v) is 6.90. The highest BCUT2D eigenvalue weighted by atomic mass is 35.5. The average Bonchev–Trinajstić information content (AvgIpc) is 3.69. The van der Waals surface area contributed by atoms with E-state index >= 15 is 4.39 Å². The summed E-state index contributed by atoms with van der Waals surface area (Å²) in [5.74, 6) is -2.52. The molecule has 2 aromatic carbocycles. The van der Waals surface area contributed by atoms with Gasteiger partial charge in [0.05, 0.1) is 29.8 Å². The monoisotopic (exact) mass is 684 g/mol. The predicted octanol–water partition coefficient (Wildman–Crippen LogP) is 4.58. The number of hydrogen-bond acceptors (Lipinski definition) is 9. The summed E-state index contributed by atoms with van der Waals surface area (Å²) >= 11 is 7.81. The number of carbonyl (C=O) groups is 3. The van der Waals surface area contributed by atoms with Crippen LogP contribution < -0.4 is 10.2 Å². The normalized spacial score (nSPS) is 20.2. The van der Waals surface area contributed by atoms with Crippen LogP contribution in [-0.2, 0) is 19.7 Å². The number of amides is 2. The Morgan fingerprint density at radius 1 is 1.17 bits per heavy atom. The molecule has 11 nitrogen and oxygen atoms in total. The van der Waals surface area contributed by atoms with E-state index in [4.69, 9.17) is 21.3 Å². The third kappa shape index (κ3) is 6.08. The Morgan fingerprint density at radius 2 is 1.96 bits per heavy atom. The molecular formula is C32H31ClF2N6O5S. The number of thiazole rings is 1. The first-order chi connectivity index (χ1) is 22.4. The van der Waals surface area contributed by atoms with Crippen molar-refractivity contribution in [1.82, 2.24) is 20.1 Å². The Labute approximate surface area is 278 Å². The van der Waals surface area contributed by atoms with E-state index < -0.39 is 35.0 Å². The van der Waals surface area contributed by atoms with E-state index in [0.717, 1.165) is 6.07 Å². The minimum Gasteiger partial charge on any atom is -0.481 e. The predicted molar refractivity (Wildman–Crippen MR) is 172 cm³/mol. The minimum atomic E-state index is -1.30. The molecule has 3 aliphatic rings. The Kier molecular flexibility index (Phi) is 8.76. The smallest absolute Gasteiger partial charge is 0.338 e. The number of halogens is 3. The number of carboxylic acid groups (broad SMARTS) is 1. The van der Waals surface area contributed by atoms with E-state index in [-0.39, 0.29) is 47.0 Å². The van der Waals surface area contributed by atoms with Crippen LogP contribution in [0.15, 0.2) is 64.2 Å². The number of esters is 1. The quantitative estimate of drug-likeness (QED) is 0.330. The molecule has 2 saturated heterocycles. The number of methoxy groups -OCH3 is 1. The fourth-order valence-electron chi connectivity index (χ4n) is 6.05. The van der Waals surface area contributed by atoms with Crippen LogP contribution in [0.5, 0.6) is 0 Å². The van der Waals surface area contributed by atoms with Crippen molar-refractivity contribution < 1.29 is 33.0 Å². The molecule has 15 heteroatoms. The molecule has 0 radical (unpaired) electrons. The average molecular weight is 685 g/mol. The summed E-state index contributed by atoms with van der Waals surface area (Å²) in [7, 11) is 1.27. The van der Waals surface area contributed by atoms with Gasteiger partial charge < -0.3 is 20.1 Å². The first-order valence-corrected chi connectivity index (χ1v) is 16.0. The maximum atomic E-state index is 15.3. The lowest BCUT2D eigenvalue weighted by atomic mass is 9.84. The molecule has 3 aliphatic heterocycles. The van der Waals surface area contributed by atoms with E-state index in [0.29, 0.717) is 41.7 Å². The van der Waals surface area contributed by atoms with Crippen LogP contribution >= 0.6 is 22.9 Å². The zero-order valence-electron chi connectivity index (χ0n) is 25.7. The number of nitrogens with one attached hydrogen (secondary N) is 1. The molecule has 0 saturated carbocycles. The van der Waals surface area contributed by atoms with E-state index in [1.54, 1.807) is 16.5 Å². The van der Waals surface area contributed by atoms with Crippen molar-refractivity contribution in [2.24, 2.45) is 4.99 Å². The van der Waals surface area contributed by atoms with Crippen LogP contribution in [0.1, 0.15) is 36.0 Å². The summed E-state index contributed by atoms with van der Waals surface area (Å²) in [5.41, 5.74) is 0.191. The second kappa shape index (κ2) is 12.7. The van der Waals surface area contributed by atoms with Crippen LogP contribution in [0.2, 0.25) is 5.02 Å². The number of rotatable bonds is 8. The lowest BCUT2D eigenvalue weighted by molar-refractivity contribution is -0.142. The van der Waals surface area contributed by atoms with E-state index in [1.807, 2.05) is 0 Å². The lowest BCUT2D eigenvalue weighted by Gasteiger charge is -2.38. The highest BCUT2D eigenvalue weighted by molar-refractivity contribution is 7.11. The van der Waals surface area contributed by atoms with Gasteiger partial charge in [-0.3, -0.25) is 19.6 Å². The van der Waals surface area contributed by atoms with Crippen LogP contribution in [0.4, 0.5) is 19.3 Å². The molecule has 0 bridgehead atoms. The molecule has 2 atom stereocenters. The number of amidine groups is 1. The van der Waals surface area contributed by atoms with Crippen molar-refractivity contribution >= 4 is 52.4 Å². The van der Waals surface area contributed by atoms with Crippen molar-refractivity contribution in [2.45, 2.75) is 31.3 Å². The van der Waals surface area contributed by atoms with Gasteiger partial charge in [-0.1, -0.05) is 23.7 Å². The van der Waals surface area contributed by atoms with Crippen LogP contribution in [-0.4, -0.2) is 89.6 Å². The van der Waals surface area contributed by atoms with Crippen LogP contribution in [0.25, 0.3) is 0 Å². The Bertz CT molecular complexity index is 1820. The number of nitrogens with zero attached hydrogens (tertiary/aromatic N) is 5. The number of ether oxygens (including phenoxy) is 1. The minimum absolute atomic E-state index is 0.0776. The van der Waals surface area contributed by atoms with Gasteiger partial charge in [0.1, 0.15) is 17.7 Å². The Morgan fingerprint density at radius 3 is 2.62 bits per heavy atom. The second-order valence-electron chi connectivity index (χ2n) is 12.0. The molecule has 2 amide bonds. The summed E-state index contributed by atoms with van der Waals surface area (Å²) in [6.07, 6.45) is 1.63. The van der Waals surface area contributed by atoms with Gasteiger partial charge in [0.2, 0.25) is 0 Å². The topological polar surface area (TPSA) is 128 Å². The summed E-state index contributed by atoms with van der Waals surface area (Å²) in [6.45, 7) is 4.66. The van der Waals surface area contributed by atoms with Gasteiger partial charge >= 0.3 is 18.0 Å². The number of carboxylic acids is 1. The molecule has 6 rings (SSSR count). The highest BCUT2D eigenvalue weighted by Gasteiger charge is 2.43. The molecule has 47 heavy (non-hydrogen) atoms. The number of anilines is 1. The number of aromatic nitrogens is 1. The zero-order valence-corrected chi connectivity index (χ0v) is 27.2. The van der Waals surface area contributed by atoms with E-state index in [1.165, 1.54) is 67.5 Å². The summed E-state index contributed by atoms with van der Waals surface area (Å²) in [6, 6.07) is 6.52.